The summed E-state index contributed by atoms with van der Waals surface area (Å²) in [6.45, 7) is 2.12. The molecule has 0 aromatic heterocycles. The molecule has 0 amide bonds. The molecule has 30 heavy (non-hydrogen) atoms. The lowest BCUT2D eigenvalue weighted by atomic mass is 9.97. The Morgan fingerprint density at radius 2 is 1.20 bits per heavy atom. The Morgan fingerprint density at radius 3 is 1.80 bits per heavy atom. The molecule has 1 nitrogen and oxygen atoms in total. The number of halogens is 4. The second-order valence-corrected chi connectivity index (χ2v) is 7.02. The lowest BCUT2D eigenvalue weighted by Gasteiger charge is -2.11. The number of ether oxygens (including phenoxy) is 1. The van der Waals surface area contributed by atoms with Gasteiger partial charge in [-0.2, -0.15) is 0 Å². The lowest BCUT2D eigenvalue weighted by Crippen LogP contribution is -2.17. The van der Waals surface area contributed by atoms with Crippen LogP contribution in [-0.4, -0.2) is 6.36 Å². The van der Waals surface area contributed by atoms with Crippen molar-refractivity contribution in [2.24, 2.45) is 0 Å². The van der Waals surface area contributed by atoms with Gasteiger partial charge in [0.25, 0.3) is 0 Å². The molecule has 5 heteroatoms. The van der Waals surface area contributed by atoms with Crippen LogP contribution in [0.4, 0.5) is 17.6 Å². The molecule has 0 saturated heterocycles. The van der Waals surface area contributed by atoms with Crippen LogP contribution < -0.4 is 4.74 Å². The summed E-state index contributed by atoms with van der Waals surface area (Å²) >= 11 is 0. The summed E-state index contributed by atoms with van der Waals surface area (Å²) in [6.07, 6.45) is -3.94. The van der Waals surface area contributed by atoms with E-state index in [0.29, 0.717) is 11.1 Å². The van der Waals surface area contributed by atoms with Crippen molar-refractivity contribution in [1.29, 1.82) is 0 Å². The lowest BCUT2D eigenvalue weighted by molar-refractivity contribution is -0.275. The first-order valence-electron chi connectivity index (χ1n) is 9.51. The SMILES string of the molecule is CCc1ccc2cc(-c3ccc(-c4ccc(OC(F)(F)F)c(F)c4)cc3)ccc2c1. The first kappa shape index (κ1) is 20.0. The smallest absolute Gasteiger partial charge is 0.403 e. The summed E-state index contributed by atoms with van der Waals surface area (Å²) in [5.74, 6) is -1.90. The molecule has 4 rings (SSSR count). The minimum Gasteiger partial charge on any atom is -0.403 e. The van der Waals surface area contributed by atoms with E-state index in [1.54, 1.807) is 0 Å². The van der Waals surface area contributed by atoms with Gasteiger partial charge in [-0.1, -0.05) is 67.6 Å². The average Bonchev–Trinajstić information content (AvgIpc) is 2.73. The Hall–Kier alpha value is -3.34. The van der Waals surface area contributed by atoms with Crippen LogP contribution in [0.3, 0.4) is 0 Å². The van der Waals surface area contributed by atoms with Crippen LogP contribution in [0.5, 0.6) is 5.75 Å². The van der Waals surface area contributed by atoms with Crippen LogP contribution in [0.1, 0.15) is 12.5 Å². The van der Waals surface area contributed by atoms with Gasteiger partial charge in [0.1, 0.15) is 0 Å². The van der Waals surface area contributed by atoms with Crippen LogP contribution in [0.15, 0.2) is 78.9 Å². The van der Waals surface area contributed by atoms with Crippen LogP contribution in [0.2, 0.25) is 0 Å². The average molecular weight is 410 g/mol. The molecule has 0 aliphatic heterocycles. The third kappa shape index (κ3) is 4.30. The molecule has 4 aromatic rings. The summed E-state index contributed by atoms with van der Waals surface area (Å²) in [7, 11) is 0. The zero-order chi connectivity index (χ0) is 21.3. The van der Waals surface area contributed by atoms with Crippen molar-refractivity contribution in [2.75, 3.05) is 0 Å². The molecule has 0 fully saturated rings. The van der Waals surface area contributed by atoms with E-state index in [-0.39, 0.29) is 0 Å². The maximum absolute atomic E-state index is 14.0. The number of aryl methyl sites for hydroxylation is 1. The Morgan fingerprint density at radius 1 is 0.667 bits per heavy atom. The molecule has 0 bridgehead atoms. The summed E-state index contributed by atoms with van der Waals surface area (Å²) in [6, 6.07) is 23.6. The fraction of sp³-hybridized carbons (Fsp3) is 0.120. The summed E-state index contributed by atoms with van der Waals surface area (Å²) in [5, 5.41) is 2.34. The van der Waals surface area contributed by atoms with Gasteiger partial charge in [-0.15, -0.1) is 13.2 Å². The second-order valence-electron chi connectivity index (χ2n) is 7.02. The Labute approximate surface area is 171 Å². The van der Waals surface area contributed by atoms with Crippen molar-refractivity contribution >= 4 is 10.8 Å². The Kier molecular flexibility index (Phi) is 5.20. The highest BCUT2D eigenvalue weighted by atomic mass is 19.4. The molecule has 0 N–H and O–H groups in total. The largest absolute Gasteiger partial charge is 0.573 e. The van der Waals surface area contributed by atoms with E-state index in [4.69, 9.17) is 0 Å². The molecule has 0 unspecified atom stereocenters. The van der Waals surface area contributed by atoms with Crippen molar-refractivity contribution < 1.29 is 22.3 Å². The van der Waals surface area contributed by atoms with Gasteiger partial charge in [0.05, 0.1) is 0 Å². The number of hydrogen-bond acceptors (Lipinski definition) is 1. The third-order valence-electron chi connectivity index (χ3n) is 5.02. The molecular weight excluding hydrogens is 392 g/mol. The summed E-state index contributed by atoms with van der Waals surface area (Å²) in [5.41, 5.74) is 4.51. The minimum absolute atomic E-state index is 0.471. The second kappa shape index (κ2) is 7.82. The van der Waals surface area contributed by atoms with E-state index in [9.17, 15) is 17.6 Å². The predicted molar refractivity (Wildman–Crippen MR) is 111 cm³/mol. The normalized spacial score (nSPS) is 11.6. The van der Waals surface area contributed by atoms with Gasteiger partial charge in [-0.25, -0.2) is 4.39 Å². The van der Waals surface area contributed by atoms with Gasteiger partial charge in [-0.3, -0.25) is 0 Å². The van der Waals surface area contributed by atoms with Crippen molar-refractivity contribution in [1.82, 2.24) is 0 Å². The van der Waals surface area contributed by atoms with E-state index in [1.165, 1.54) is 17.0 Å². The highest BCUT2D eigenvalue weighted by Crippen LogP contribution is 2.31. The van der Waals surface area contributed by atoms with Gasteiger partial charge in [0.15, 0.2) is 11.6 Å². The van der Waals surface area contributed by atoms with Crippen molar-refractivity contribution in [3.05, 3.63) is 90.2 Å². The van der Waals surface area contributed by atoms with Crippen molar-refractivity contribution in [3.63, 3.8) is 0 Å². The minimum atomic E-state index is -4.93. The van der Waals surface area contributed by atoms with E-state index in [0.717, 1.165) is 35.1 Å². The van der Waals surface area contributed by atoms with Crippen LogP contribution in [0, 0.1) is 5.82 Å². The number of alkyl halides is 3. The molecule has 0 atom stereocenters. The highest BCUT2D eigenvalue weighted by molar-refractivity contribution is 5.88. The quantitative estimate of drug-likeness (QED) is 0.312. The summed E-state index contributed by atoms with van der Waals surface area (Å²) in [4.78, 5) is 0. The fourth-order valence-corrected chi connectivity index (χ4v) is 3.44. The van der Waals surface area contributed by atoms with E-state index < -0.39 is 17.9 Å². The number of fused-ring (bicyclic) bond motifs is 1. The van der Waals surface area contributed by atoms with Crippen LogP contribution in [0.25, 0.3) is 33.0 Å². The van der Waals surface area contributed by atoms with Gasteiger partial charge < -0.3 is 4.74 Å². The molecule has 0 spiro atoms. The summed E-state index contributed by atoms with van der Waals surface area (Å²) < 4.78 is 54.6. The maximum atomic E-state index is 14.0. The molecule has 4 aromatic carbocycles. The maximum Gasteiger partial charge on any atom is 0.573 e. The molecule has 0 heterocycles. The monoisotopic (exact) mass is 410 g/mol. The first-order chi connectivity index (χ1) is 14.3. The number of hydrogen-bond donors (Lipinski definition) is 0. The highest BCUT2D eigenvalue weighted by Gasteiger charge is 2.32. The molecule has 0 radical (unpaired) electrons. The van der Waals surface area contributed by atoms with Gasteiger partial charge >= 0.3 is 6.36 Å². The van der Waals surface area contributed by atoms with Crippen molar-refractivity contribution in [3.8, 4) is 28.0 Å². The van der Waals surface area contributed by atoms with Gasteiger partial charge in [0, 0.05) is 0 Å². The Bertz CT molecular complexity index is 1190. The van der Waals surface area contributed by atoms with Crippen LogP contribution in [-0.2, 0) is 6.42 Å². The fourth-order valence-electron chi connectivity index (χ4n) is 3.44. The van der Waals surface area contributed by atoms with E-state index in [1.807, 2.05) is 24.3 Å². The van der Waals surface area contributed by atoms with Crippen LogP contribution >= 0.6 is 0 Å². The predicted octanol–water partition coefficient (Wildman–Crippen LogP) is 7.77. The third-order valence-corrected chi connectivity index (χ3v) is 5.02. The topological polar surface area (TPSA) is 9.23 Å². The standard InChI is InChI=1S/C25H18F4O/c1-2-16-3-4-21-14-20(10-9-19(21)13-16)17-5-7-18(8-6-17)22-11-12-24(23(26)15-22)30-25(27,28)29/h3-15H,2H2,1H3. The number of rotatable bonds is 4. The van der Waals surface area contributed by atoms with Crippen molar-refractivity contribution in [2.45, 2.75) is 19.7 Å². The van der Waals surface area contributed by atoms with Gasteiger partial charge in [-0.05, 0) is 63.2 Å². The zero-order valence-electron chi connectivity index (χ0n) is 16.1. The molecule has 0 aliphatic carbocycles. The van der Waals surface area contributed by atoms with E-state index in [2.05, 4.69) is 48.1 Å². The van der Waals surface area contributed by atoms with E-state index >= 15 is 0 Å². The molecule has 0 aliphatic rings. The zero-order valence-corrected chi connectivity index (χ0v) is 16.1. The molecular formula is C25H18F4O. The molecule has 152 valence electrons. The Balaban J connectivity index is 1.60. The van der Waals surface area contributed by atoms with Gasteiger partial charge in [0.2, 0.25) is 0 Å². The number of benzene rings is 4. The molecule has 0 saturated carbocycles. The first-order valence-corrected chi connectivity index (χ1v) is 9.51.